The van der Waals surface area contributed by atoms with Crippen LogP contribution in [0.25, 0.3) is 11.1 Å². The Bertz CT molecular complexity index is 903. The number of carboxylic acids is 1. The van der Waals surface area contributed by atoms with Crippen molar-refractivity contribution in [1.29, 1.82) is 0 Å². The van der Waals surface area contributed by atoms with Crippen molar-refractivity contribution in [1.82, 2.24) is 14.4 Å². The largest absolute Gasteiger partial charge is 0.481 e. The van der Waals surface area contributed by atoms with Crippen LogP contribution < -0.4 is 0 Å². The molecule has 8 nitrogen and oxygen atoms in total. The van der Waals surface area contributed by atoms with Crippen LogP contribution in [0.1, 0.15) is 37.3 Å². The maximum Gasteiger partial charge on any atom is 0.307 e. The number of carbonyl (C=O) groups is 1. The molecule has 1 aliphatic heterocycles. The molecule has 1 saturated carbocycles. The number of pyridine rings is 1. The summed E-state index contributed by atoms with van der Waals surface area (Å²) in [5.74, 6) is -1.31. The molecule has 1 N–H and O–H groups in total. The second kappa shape index (κ2) is 5.52. The maximum absolute atomic E-state index is 12.9. The lowest BCUT2D eigenvalue weighted by molar-refractivity contribution is -0.142. The van der Waals surface area contributed by atoms with Gasteiger partial charge < -0.3 is 9.63 Å². The molecule has 24 heavy (non-hydrogen) atoms. The van der Waals surface area contributed by atoms with Crippen LogP contribution in [0.3, 0.4) is 0 Å². The summed E-state index contributed by atoms with van der Waals surface area (Å²) in [7, 11) is -3.78. The van der Waals surface area contributed by atoms with Crippen molar-refractivity contribution in [3.63, 3.8) is 0 Å². The summed E-state index contributed by atoms with van der Waals surface area (Å²) in [6, 6.07) is 1.55. The smallest absolute Gasteiger partial charge is 0.307 e. The third kappa shape index (κ3) is 2.57. The molecule has 0 spiro atoms. The van der Waals surface area contributed by atoms with E-state index >= 15 is 0 Å². The molecule has 0 radical (unpaired) electrons. The third-order valence-electron chi connectivity index (χ3n) is 4.67. The molecule has 1 saturated heterocycles. The zero-order valence-electron chi connectivity index (χ0n) is 12.9. The third-order valence-corrected chi connectivity index (χ3v) is 6.50. The highest BCUT2D eigenvalue weighted by Crippen LogP contribution is 2.42. The number of hydrogen-bond acceptors (Lipinski definition) is 6. The molecule has 1 aliphatic carbocycles. The number of nitrogens with zero attached hydrogens (tertiary/aromatic N) is 3. The fourth-order valence-electron chi connectivity index (χ4n) is 3.13. The summed E-state index contributed by atoms with van der Waals surface area (Å²) < 4.78 is 32.1. The van der Waals surface area contributed by atoms with Gasteiger partial charge in [0, 0.05) is 19.0 Å². The van der Waals surface area contributed by atoms with Crippen LogP contribution in [0.15, 0.2) is 21.7 Å². The van der Waals surface area contributed by atoms with Gasteiger partial charge in [-0.1, -0.05) is 5.16 Å². The number of aromatic nitrogens is 2. The summed E-state index contributed by atoms with van der Waals surface area (Å²) in [4.78, 5) is 15.3. The van der Waals surface area contributed by atoms with Crippen LogP contribution >= 0.6 is 0 Å². The Kier molecular flexibility index (Phi) is 3.57. The minimum Gasteiger partial charge on any atom is -0.481 e. The van der Waals surface area contributed by atoms with E-state index in [-0.39, 0.29) is 11.4 Å². The number of sulfonamides is 1. The molecule has 0 bridgehead atoms. The van der Waals surface area contributed by atoms with Crippen LogP contribution in [-0.2, 0) is 14.8 Å². The molecular weight excluding hydrogens is 334 g/mol. The first-order valence-corrected chi connectivity index (χ1v) is 9.39. The number of aliphatic carboxylic acids is 1. The van der Waals surface area contributed by atoms with Crippen molar-refractivity contribution < 1.29 is 22.8 Å². The molecule has 2 fully saturated rings. The van der Waals surface area contributed by atoms with E-state index in [0.717, 1.165) is 18.5 Å². The van der Waals surface area contributed by atoms with Crippen LogP contribution in [-0.4, -0.2) is 47.0 Å². The van der Waals surface area contributed by atoms with Crippen molar-refractivity contribution in [2.24, 2.45) is 5.92 Å². The molecule has 3 heterocycles. The molecule has 128 valence electrons. The molecule has 4 rings (SSSR count). The molecule has 2 aromatic rings. The van der Waals surface area contributed by atoms with E-state index < -0.39 is 21.9 Å². The van der Waals surface area contributed by atoms with E-state index in [1.807, 2.05) is 0 Å². The van der Waals surface area contributed by atoms with Crippen LogP contribution in [0.5, 0.6) is 0 Å². The Balaban J connectivity index is 1.69. The lowest BCUT2D eigenvalue weighted by Crippen LogP contribution is -2.42. The van der Waals surface area contributed by atoms with Crippen molar-refractivity contribution in [3.8, 4) is 0 Å². The van der Waals surface area contributed by atoms with Gasteiger partial charge in [-0.15, -0.1) is 0 Å². The Morgan fingerprint density at radius 2 is 2.12 bits per heavy atom. The van der Waals surface area contributed by atoms with Gasteiger partial charge in [0.2, 0.25) is 10.0 Å². The lowest BCUT2D eigenvalue weighted by Gasteiger charge is -2.29. The fraction of sp³-hybridized carbons (Fsp3) is 0.533. The summed E-state index contributed by atoms with van der Waals surface area (Å²) >= 11 is 0. The summed E-state index contributed by atoms with van der Waals surface area (Å²) in [5.41, 5.74) is 1.09. The van der Waals surface area contributed by atoms with Crippen molar-refractivity contribution in [2.45, 2.75) is 36.5 Å². The predicted molar refractivity (Wildman–Crippen MR) is 82.9 cm³/mol. The number of rotatable bonds is 4. The van der Waals surface area contributed by atoms with E-state index in [9.17, 15) is 13.2 Å². The monoisotopic (exact) mass is 351 g/mol. The Labute approximate surface area is 138 Å². The number of piperidine rings is 1. The van der Waals surface area contributed by atoms with Crippen LogP contribution in [0.2, 0.25) is 0 Å². The first-order valence-electron chi connectivity index (χ1n) is 7.95. The topological polar surface area (TPSA) is 114 Å². The Morgan fingerprint density at radius 3 is 2.83 bits per heavy atom. The van der Waals surface area contributed by atoms with Crippen LogP contribution in [0.4, 0.5) is 0 Å². The highest BCUT2D eigenvalue weighted by atomic mass is 32.2. The maximum atomic E-state index is 12.9. The molecule has 1 atom stereocenters. The molecular formula is C15H17N3O5S. The number of hydrogen-bond donors (Lipinski definition) is 1. The summed E-state index contributed by atoms with van der Waals surface area (Å²) in [5, 5.41) is 13.8. The first-order chi connectivity index (χ1) is 11.5. The molecule has 9 heteroatoms. The van der Waals surface area contributed by atoms with E-state index in [2.05, 4.69) is 10.1 Å². The van der Waals surface area contributed by atoms with Gasteiger partial charge in [0.15, 0.2) is 0 Å². The van der Waals surface area contributed by atoms with Gasteiger partial charge in [0.05, 0.1) is 23.2 Å². The molecule has 2 aromatic heterocycles. The number of fused-ring (bicyclic) bond motifs is 1. The normalized spacial score (nSPS) is 22.8. The quantitative estimate of drug-likeness (QED) is 0.889. The average molecular weight is 351 g/mol. The molecule has 0 amide bonds. The van der Waals surface area contributed by atoms with Gasteiger partial charge in [-0.25, -0.2) is 13.4 Å². The van der Waals surface area contributed by atoms with Crippen molar-refractivity contribution in [3.05, 3.63) is 18.0 Å². The van der Waals surface area contributed by atoms with E-state index in [1.165, 1.54) is 10.5 Å². The molecule has 0 aromatic carbocycles. The van der Waals surface area contributed by atoms with Gasteiger partial charge in [-0.2, -0.15) is 4.31 Å². The molecule has 2 aliphatic rings. The van der Waals surface area contributed by atoms with Gasteiger partial charge >= 0.3 is 5.97 Å². The standard InChI is InChI=1S/C15H17N3O5S/c19-15(20)10-2-1-5-18(8-10)24(21,22)11-6-12-13(9-3-4-9)17-23-14(12)16-7-11/h6-7,9-10H,1-5,8H2,(H,19,20). The zero-order valence-corrected chi connectivity index (χ0v) is 13.7. The highest BCUT2D eigenvalue weighted by Gasteiger charge is 2.35. The average Bonchev–Trinajstić information content (AvgIpc) is 3.33. The molecule has 1 unspecified atom stereocenters. The first kappa shape index (κ1) is 15.5. The van der Waals surface area contributed by atoms with Crippen molar-refractivity contribution >= 4 is 27.1 Å². The van der Waals surface area contributed by atoms with E-state index in [0.29, 0.717) is 36.4 Å². The van der Waals surface area contributed by atoms with Gasteiger partial charge in [-0.05, 0) is 31.7 Å². The SMILES string of the molecule is O=C(O)C1CCCN(S(=O)(=O)c2cnc3onc(C4CC4)c3c2)C1. The second-order valence-corrected chi connectivity index (χ2v) is 8.34. The van der Waals surface area contributed by atoms with Gasteiger partial charge in [0.1, 0.15) is 4.90 Å². The van der Waals surface area contributed by atoms with E-state index in [4.69, 9.17) is 9.63 Å². The van der Waals surface area contributed by atoms with Gasteiger partial charge in [-0.3, -0.25) is 4.79 Å². The Hall–Kier alpha value is -2.00. The summed E-state index contributed by atoms with van der Waals surface area (Å²) in [6.45, 7) is 0.318. The minimum atomic E-state index is -3.78. The van der Waals surface area contributed by atoms with Crippen LogP contribution in [0, 0.1) is 5.92 Å². The fourth-order valence-corrected chi connectivity index (χ4v) is 4.63. The zero-order chi connectivity index (χ0) is 16.9. The number of carboxylic acid groups (broad SMARTS) is 1. The summed E-state index contributed by atoms with van der Waals surface area (Å²) in [6.07, 6.45) is 4.32. The van der Waals surface area contributed by atoms with Gasteiger partial charge in [0.25, 0.3) is 5.71 Å². The second-order valence-electron chi connectivity index (χ2n) is 6.41. The Morgan fingerprint density at radius 1 is 1.33 bits per heavy atom. The predicted octanol–water partition coefficient (Wildman–Crippen LogP) is 1.59. The highest BCUT2D eigenvalue weighted by molar-refractivity contribution is 7.89. The minimum absolute atomic E-state index is 0.00514. The van der Waals surface area contributed by atoms with Crippen molar-refractivity contribution in [2.75, 3.05) is 13.1 Å². The lowest BCUT2D eigenvalue weighted by atomic mass is 10.0. The van der Waals surface area contributed by atoms with E-state index in [1.54, 1.807) is 6.07 Å².